The van der Waals surface area contributed by atoms with E-state index in [9.17, 15) is 0 Å². The Labute approximate surface area is 98.8 Å². The molecule has 17 heavy (non-hydrogen) atoms. The highest BCUT2D eigenvalue weighted by molar-refractivity contribution is 5.54. The van der Waals surface area contributed by atoms with Gasteiger partial charge < -0.3 is 10.2 Å². The van der Waals surface area contributed by atoms with E-state index in [-0.39, 0.29) is 0 Å². The molecule has 0 saturated carbocycles. The SMILES string of the molecule is Cc1cnc(Nc2nonc2C)nc1N(C)C. The van der Waals surface area contributed by atoms with E-state index in [4.69, 9.17) is 0 Å². The van der Waals surface area contributed by atoms with E-state index in [0.29, 0.717) is 17.5 Å². The molecule has 0 aliphatic rings. The molecular weight excluding hydrogens is 220 g/mol. The largest absolute Gasteiger partial charge is 0.362 e. The Morgan fingerprint density at radius 1 is 1.24 bits per heavy atom. The van der Waals surface area contributed by atoms with Crippen molar-refractivity contribution in [3.05, 3.63) is 17.5 Å². The van der Waals surface area contributed by atoms with E-state index in [1.165, 1.54) is 0 Å². The zero-order chi connectivity index (χ0) is 12.4. The number of rotatable bonds is 3. The number of aromatic nitrogens is 4. The Morgan fingerprint density at radius 3 is 2.59 bits per heavy atom. The highest BCUT2D eigenvalue weighted by atomic mass is 16.6. The highest BCUT2D eigenvalue weighted by Gasteiger charge is 2.09. The fourth-order valence-electron chi connectivity index (χ4n) is 1.40. The van der Waals surface area contributed by atoms with E-state index in [0.717, 1.165) is 11.4 Å². The molecule has 0 amide bonds. The average Bonchev–Trinajstić information content (AvgIpc) is 2.67. The lowest BCUT2D eigenvalue weighted by atomic mass is 10.3. The lowest BCUT2D eigenvalue weighted by Crippen LogP contribution is -2.13. The smallest absolute Gasteiger partial charge is 0.230 e. The van der Waals surface area contributed by atoms with Crippen molar-refractivity contribution in [1.82, 2.24) is 20.3 Å². The van der Waals surface area contributed by atoms with Crippen molar-refractivity contribution in [2.24, 2.45) is 0 Å². The van der Waals surface area contributed by atoms with Crippen molar-refractivity contribution in [1.29, 1.82) is 0 Å². The molecule has 7 heteroatoms. The van der Waals surface area contributed by atoms with Crippen LogP contribution in [0.5, 0.6) is 0 Å². The minimum atomic E-state index is 0.470. The van der Waals surface area contributed by atoms with Gasteiger partial charge in [0.15, 0.2) is 0 Å². The normalized spacial score (nSPS) is 10.4. The maximum absolute atomic E-state index is 4.59. The minimum absolute atomic E-state index is 0.470. The summed E-state index contributed by atoms with van der Waals surface area (Å²) < 4.78 is 4.59. The van der Waals surface area contributed by atoms with Gasteiger partial charge in [-0.2, -0.15) is 4.98 Å². The summed E-state index contributed by atoms with van der Waals surface area (Å²) in [6.45, 7) is 3.75. The lowest BCUT2D eigenvalue weighted by Gasteiger charge is -2.14. The second kappa shape index (κ2) is 4.36. The Hall–Kier alpha value is -2.18. The highest BCUT2D eigenvalue weighted by Crippen LogP contribution is 2.18. The molecule has 0 aliphatic carbocycles. The molecule has 0 aromatic carbocycles. The zero-order valence-corrected chi connectivity index (χ0v) is 10.2. The van der Waals surface area contributed by atoms with Crippen LogP contribution in [0.25, 0.3) is 0 Å². The fraction of sp³-hybridized carbons (Fsp3) is 0.400. The van der Waals surface area contributed by atoms with Gasteiger partial charge in [-0.1, -0.05) is 5.16 Å². The van der Waals surface area contributed by atoms with Crippen LogP contribution in [0.1, 0.15) is 11.3 Å². The van der Waals surface area contributed by atoms with Crippen LogP contribution < -0.4 is 10.2 Å². The molecule has 7 nitrogen and oxygen atoms in total. The lowest BCUT2D eigenvalue weighted by molar-refractivity contribution is 0.306. The van der Waals surface area contributed by atoms with Crippen molar-refractivity contribution >= 4 is 17.6 Å². The molecule has 2 rings (SSSR count). The van der Waals surface area contributed by atoms with Crippen LogP contribution in [0, 0.1) is 13.8 Å². The Bertz CT molecular complexity index is 521. The van der Waals surface area contributed by atoms with Gasteiger partial charge in [0.25, 0.3) is 0 Å². The zero-order valence-electron chi connectivity index (χ0n) is 10.2. The van der Waals surface area contributed by atoms with E-state index in [1.807, 2.05) is 25.9 Å². The van der Waals surface area contributed by atoms with Crippen LogP contribution >= 0.6 is 0 Å². The van der Waals surface area contributed by atoms with Gasteiger partial charge in [-0.15, -0.1) is 0 Å². The molecular formula is C10H14N6O. The standard InChI is InChI=1S/C10H14N6O/c1-6-5-11-10(13-9(6)16(3)4)12-8-7(2)14-17-15-8/h5H,1-4H3,(H,11,12,13,15). The number of nitrogens with one attached hydrogen (secondary N) is 1. The quantitative estimate of drug-likeness (QED) is 0.856. The second-order valence-electron chi connectivity index (χ2n) is 3.92. The van der Waals surface area contributed by atoms with Crippen molar-refractivity contribution in [2.45, 2.75) is 13.8 Å². The summed E-state index contributed by atoms with van der Waals surface area (Å²) in [5.41, 5.74) is 1.68. The van der Waals surface area contributed by atoms with Gasteiger partial charge in [0.2, 0.25) is 11.8 Å². The summed E-state index contributed by atoms with van der Waals surface area (Å²) in [5, 5.41) is 10.3. The Morgan fingerprint density at radius 2 is 2.00 bits per heavy atom. The third-order valence-corrected chi connectivity index (χ3v) is 2.25. The fourth-order valence-corrected chi connectivity index (χ4v) is 1.40. The molecule has 1 N–H and O–H groups in total. The number of anilines is 3. The van der Waals surface area contributed by atoms with Crippen molar-refractivity contribution in [3.8, 4) is 0 Å². The summed E-state index contributed by atoms with van der Waals surface area (Å²) in [4.78, 5) is 10.5. The van der Waals surface area contributed by atoms with Gasteiger partial charge in [0.1, 0.15) is 11.5 Å². The van der Waals surface area contributed by atoms with Crippen molar-refractivity contribution in [2.75, 3.05) is 24.3 Å². The average molecular weight is 234 g/mol. The third kappa shape index (κ3) is 2.32. The monoisotopic (exact) mass is 234 g/mol. The van der Waals surface area contributed by atoms with Gasteiger partial charge in [-0.25, -0.2) is 9.61 Å². The summed E-state index contributed by atoms with van der Waals surface area (Å²) >= 11 is 0. The molecule has 2 aromatic rings. The minimum Gasteiger partial charge on any atom is -0.362 e. The number of hydrogen-bond donors (Lipinski definition) is 1. The predicted octanol–water partition coefficient (Wildman–Crippen LogP) is 1.29. The molecule has 0 atom stereocenters. The van der Waals surface area contributed by atoms with Crippen LogP contribution in [-0.4, -0.2) is 34.4 Å². The summed E-state index contributed by atoms with van der Waals surface area (Å²) in [6, 6.07) is 0. The molecule has 0 aliphatic heterocycles. The maximum Gasteiger partial charge on any atom is 0.230 e. The number of aryl methyl sites for hydroxylation is 2. The van der Waals surface area contributed by atoms with Crippen molar-refractivity contribution < 1.29 is 4.63 Å². The first kappa shape index (κ1) is 11.3. The summed E-state index contributed by atoms with van der Waals surface area (Å²) in [7, 11) is 3.87. The molecule has 0 spiro atoms. The predicted molar refractivity (Wildman–Crippen MR) is 63.4 cm³/mol. The molecule has 2 heterocycles. The Kier molecular flexibility index (Phi) is 2.90. The molecule has 0 radical (unpaired) electrons. The van der Waals surface area contributed by atoms with Crippen LogP contribution in [0.4, 0.5) is 17.6 Å². The molecule has 0 bridgehead atoms. The Balaban J connectivity index is 2.28. The first-order chi connectivity index (χ1) is 8.08. The molecule has 90 valence electrons. The van der Waals surface area contributed by atoms with E-state index in [1.54, 1.807) is 13.1 Å². The molecule has 2 aromatic heterocycles. The van der Waals surface area contributed by atoms with Gasteiger partial charge >= 0.3 is 0 Å². The maximum atomic E-state index is 4.59. The van der Waals surface area contributed by atoms with Gasteiger partial charge in [-0.3, -0.25) is 0 Å². The summed E-state index contributed by atoms with van der Waals surface area (Å²) in [6.07, 6.45) is 1.76. The van der Waals surface area contributed by atoms with Gasteiger partial charge in [-0.05, 0) is 19.0 Å². The van der Waals surface area contributed by atoms with E-state index in [2.05, 4.69) is 30.2 Å². The first-order valence-electron chi connectivity index (χ1n) is 5.15. The van der Waals surface area contributed by atoms with Crippen molar-refractivity contribution in [3.63, 3.8) is 0 Å². The van der Waals surface area contributed by atoms with Crippen LogP contribution in [0.3, 0.4) is 0 Å². The van der Waals surface area contributed by atoms with Crippen LogP contribution in [0.2, 0.25) is 0 Å². The molecule has 0 fully saturated rings. The van der Waals surface area contributed by atoms with E-state index < -0.39 is 0 Å². The molecule has 0 unspecified atom stereocenters. The van der Waals surface area contributed by atoms with Crippen LogP contribution in [0.15, 0.2) is 10.8 Å². The van der Waals surface area contributed by atoms with Gasteiger partial charge in [0, 0.05) is 25.9 Å². The first-order valence-corrected chi connectivity index (χ1v) is 5.15. The van der Waals surface area contributed by atoms with E-state index >= 15 is 0 Å². The number of nitrogens with zero attached hydrogens (tertiary/aromatic N) is 5. The topological polar surface area (TPSA) is 80.0 Å². The number of hydrogen-bond acceptors (Lipinski definition) is 7. The third-order valence-electron chi connectivity index (χ3n) is 2.25. The molecule has 0 saturated heterocycles. The summed E-state index contributed by atoms with van der Waals surface area (Å²) in [5.74, 6) is 1.85. The van der Waals surface area contributed by atoms with Crippen LogP contribution in [-0.2, 0) is 0 Å². The second-order valence-corrected chi connectivity index (χ2v) is 3.92. The van der Waals surface area contributed by atoms with Gasteiger partial charge in [0.05, 0.1) is 0 Å².